The van der Waals surface area contributed by atoms with E-state index in [9.17, 15) is 4.79 Å². The molecule has 0 radical (unpaired) electrons. The molecule has 2 heterocycles. The number of carbonyl (C=O) groups excluding carboxylic acids is 1. The minimum absolute atomic E-state index is 0.0445. The van der Waals surface area contributed by atoms with Crippen LogP contribution in [-0.4, -0.2) is 39.5 Å². The summed E-state index contributed by atoms with van der Waals surface area (Å²) in [6, 6.07) is 20.4. The summed E-state index contributed by atoms with van der Waals surface area (Å²) < 4.78 is 1.99. The zero-order valence-corrected chi connectivity index (χ0v) is 17.6. The van der Waals surface area contributed by atoms with Crippen LogP contribution in [0.3, 0.4) is 0 Å². The van der Waals surface area contributed by atoms with E-state index in [1.807, 2.05) is 34.9 Å². The molecular weight excluding hydrogens is 386 g/mol. The number of hydrogen-bond donors (Lipinski definition) is 1. The number of hydrogen-bond acceptors (Lipinski definition) is 4. The van der Waals surface area contributed by atoms with Crippen LogP contribution < -0.4 is 5.32 Å². The molecule has 1 N–H and O–H groups in total. The summed E-state index contributed by atoms with van der Waals surface area (Å²) in [7, 11) is 0. The van der Waals surface area contributed by atoms with Gasteiger partial charge in [0.2, 0.25) is 5.91 Å². The molecule has 3 aromatic rings. The number of imidazole rings is 1. The van der Waals surface area contributed by atoms with Crippen molar-refractivity contribution in [2.24, 2.45) is 0 Å². The third-order valence-corrected chi connectivity index (χ3v) is 5.78. The number of nitrogens with zero attached hydrogens (tertiary/aromatic N) is 4. The molecule has 1 aliphatic rings. The molecule has 1 aliphatic heterocycles. The standard InChI is InChI=1S/C25H27N5O/c26-15-20-6-8-22(9-7-20)18-30-19-27-16-24(30)14-25(31)28-23-10-12-29(13-11-23)17-21-4-2-1-3-5-21/h1-9,16,19,23H,10-14,17-18H2,(H,28,31). The first-order valence-corrected chi connectivity index (χ1v) is 10.7. The Morgan fingerprint density at radius 3 is 2.45 bits per heavy atom. The summed E-state index contributed by atoms with van der Waals surface area (Å²) >= 11 is 0. The van der Waals surface area contributed by atoms with Crippen LogP contribution in [0.5, 0.6) is 0 Å². The number of piperidine rings is 1. The van der Waals surface area contributed by atoms with Gasteiger partial charge in [0.15, 0.2) is 0 Å². The van der Waals surface area contributed by atoms with Gasteiger partial charge in [-0.1, -0.05) is 42.5 Å². The van der Waals surface area contributed by atoms with Crippen molar-refractivity contribution in [3.05, 3.63) is 89.5 Å². The van der Waals surface area contributed by atoms with Gasteiger partial charge in [-0.25, -0.2) is 4.98 Å². The Kier molecular flexibility index (Phi) is 6.75. The predicted octanol–water partition coefficient (Wildman–Crippen LogP) is 3.13. The molecule has 4 rings (SSSR count). The highest BCUT2D eigenvalue weighted by molar-refractivity contribution is 5.78. The molecule has 1 fully saturated rings. The SMILES string of the molecule is N#Cc1ccc(Cn2cncc2CC(=O)NC2CCN(Cc3ccccc3)CC2)cc1. The Balaban J connectivity index is 1.25. The first-order chi connectivity index (χ1) is 15.2. The van der Waals surface area contributed by atoms with E-state index in [0.29, 0.717) is 18.5 Å². The van der Waals surface area contributed by atoms with E-state index in [2.05, 4.69) is 45.5 Å². The number of rotatable bonds is 7. The zero-order valence-electron chi connectivity index (χ0n) is 17.6. The van der Waals surface area contributed by atoms with Gasteiger partial charge in [-0.05, 0) is 36.1 Å². The summed E-state index contributed by atoms with van der Waals surface area (Å²) in [6.07, 6.45) is 5.78. The molecule has 0 spiro atoms. The quantitative estimate of drug-likeness (QED) is 0.646. The van der Waals surface area contributed by atoms with E-state index >= 15 is 0 Å². The van der Waals surface area contributed by atoms with Gasteiger partial charge in [-0.3, -0.25) is 9.69 Å². The van der Waals surface area contributed by atoms with E-state index < -0.39 is 0 Å². The number of nitrogens with one attached hydrogen (secondary N) is 1. The summed E-state index contributed by atoms with van der Waals surface area (Å²) in [5, 5.41) is 12.1. The molecule has 6 nitrogen and oxygen atoms in total. The first-order valence-electron chi connectivity index (χ1n) is 10.7. The molecule has 1 aromatic heterocycles. The highest BCUT2D eigenvalue weighted by Gasteiger charge is 2.21. The van der Waals surface area contributed by atoms with Crippen LogP contribution >= 0.6 is 0 Å². The van der Waals surface area contributed by atoms with Crippen LogP contribution in [0.25, 0.3) is 0 Å². The number of amides is 1. The first kappa shape index (κ1) is 20.8. The van der Waals surface area contributed by atoms with Gasteiger partial charge in [0.05, 0.1) is 24.4 Å². The molecule has 2 aromatic carbocycles. The molecule has 1 saturated heterocycles. The van der Waals surface area contributed by atoms with E-state index in [1.165, 1.54) is 5.56 Å². The molecule has 0 saturated carbocycles. The summed E-state index contributed by atoms with van der Waals surface area (Å²) in [6.45, 7) is 3.59. The fraction of sp³-hybridized carbons (Fsp3) is 0.320. The molecule has 0 unspecified atom stereocenters. The number of nitriles is 1. The van der Waals surface area contributed by atoms with Crippen molar-refractivity contribution in [1.82, 2.24) is 19.8 Å². The van der Waals surface area contributed by atoms with Crippen molar-refractivity contribution in [2.45, 2.75) is 38.4 Å². The smallest absolute Gasteiger partial charge is 0.226 e. The second kappa shape index (κ2) is 10.1. The van der Waals surface area contributed by atoms with Crippen molar-refractivity contribution in [2.75, 3.05) is 13.1 Å². The number of aromatic nitrogens is 2. The Hall–Kier alpha value is -3.43. The minimum atomic E-state index is 0.0445. The maximum Gasteiger partial charge on any atom is 0.226 e. The van der Waals surface area contributed by atoms with Gasteiger partial charge in [0, 0.05) is 44.1 Å². The minimum Gasteiger partial charge on any atom is -0.353 e. The normalized spacial score (nSPS) is 14.8. The van der Waals surface area contributed by atoms with Crippen molar-refractivity contribution in [1.29, 1.82) is 5.26 Å². The highest BCUT2D eigenvalue weighted by atomic mass is 16.1. The van der Waals surface area contributed by atoms with E-state index in [1.54, 1.807) is 12.5 Å². The van der Waals surface area contributed by atoms with Gasteiger partial charge in [-0.15, -0.1) is 0 Å². The van der Waals surface area contributed by atoms with Crippen LogP contribution in [0.4, 0.5) is 0 Å². The average Bonchev–Trinajstić information content (AvgIpc) is 3.22. The fourth-order valence-corrected chi connectivity index (χ4v) is 4.04. The predicted molar refractivity (Wildman–Crippen MR) is 119 cm³/mol. The van der Waals surface area contributed by atoms with Crippen LogP contribution in [0.1, 0.15) is 35.2 Å². The van der Waals surface area contributed by atoms with Crippen molar-refractivity contribution >= 4 is 5.91 Å². The van der Waals surface area contributed by atoms with Crippen molar-refractivity contribution in [3.8, 4) is 6.07 Å². The largest absolute Gasteiger partial charge is 0.353 e. The highest BCUT2D eigenvalue weighted by Crippen LogP contribution is 2.14. The third kappa shape index (κ3) is 5.80. The summed E-state index contributed by atoms with van der Waals surface area (Å²) in [5.41, 5.74) is 3.94. The second-order valence-electron chi connectivity index (χ2n) is 8.10. The van der Waals surface area contributed by atoms with Gasteiger partial charge in [0.1, 0.15) is 0 Å². The summed E-state index contributed by atoms with van der Waals surface area (Å²) in [5.74, 6) is 0.0445. The maximum absolute atomic E-state index is 12.6. The lowest BCUT2D eigenvalue weighted by Crippen LogP contribution is -2.44. The van der Waals surface area contributed by atoms with Crippen LogP contribution in [0, 0.1) is 11.3 Å². The number of likely N-dealkylation sites (tertiary alicyclic amines) is 1. The third-order valence-electron chi connectivity index (χ3n) is 5.78. The van der Waals surface area contributed by atoms with Crippen LogP contribution in [0.2, 0.25) is 0 Å². The Labute approximate surface area is 183 Å². The molecule has 6 heteroatoms. The Bertz CT molecular complexity index is 1030. The van der Waals surface area contributed by atoms with Crippen LogP contribution in [0.15, 0.2) is 67.1 Å². The lowest BCUT2D eigenvalue weighted by molar-refractivity contribution is -0.121. The van der Waals surface area contributed by atoms with Crippen molar-refractivity contribution < 1.29 is 4.79 Å². The van der Waals surface area contributed by atoms with E-state index in [-0.39, 0.29) is 11.9 Å². The average molecular weight is 414 g/mol. The lowest BCUT2D eigenvalue weighted by atomic mass is 10.0. The van der Waals surface area contributed by atoms with Gasteiger partial charge in [-0.2, -0.15) is 5.26 Å². The molecule has 31 heavy (non-hydrogen) atoms. The molecule has 0 bridgehead atoms. The van der Waals surface area contributed by atoms with Crippen molar-refractivity contribution in [3.63, 3.8) is 0 Å². The van der Waals surface area contributed by atoms with Gasteiger partial charge < -0.3 is 9.88 Å². The topological polar surface area (TPSA) is 73.9 Å². The van der Waals surface area contributed by atoms with E-state index in [0.717, 1.165) is 43.7 Å². The fourth-order valence-electron chi connectivity index (χ4n) is 4.04. The molecule has 0 aliphatic carbocycles. The van der Waals surface area contributed by atoms with Gasteiger partial charge >= 0.3 is 0 Å². The number of benzene rings is 2. The Morgan fingerprint density at radius 1 is 1.03 bits per heavy atom. The molecule has 1 amide bonds. The van der Waals surface area contributed by atoms with Gasteiger partial charge in [0.25, 0.3) is 0 Å². The Morgan fingerprint density at radius 2 is 1.74 bits per heavy atom. The monoisotopic (exact) mass is 413 g/mol. The maximum atomic E-state index is 12.6. The second-order valence-corrected chi connectivity index (χ2v) is 8.10. The molecule has 0 atom stereocenters. The molecule has 158 valence electrons. The lowest BCUT2D eigenvalue weighted by Gasteiger charge is -2.32. The zero-order chi connectivity index (χ0) is 21.5. The van der Waals surface area contributed by atoms with Crippen LogP contribution in [-0.2, 0) is 24.3 Å². The number of carbonyl (C=O) groups is 1. The molecular formula is C25H27N5O. The van der Waals surface area contributed by atoms with E-state index in [4.69, 9.17) is 5.26 Å². The summed E-state index contributed by atoms with van der Waals surface area (Å²) in [4.78, 5) is 19.3.